The van der Waals surface area contributed by atoms with Crippen molar-refractivity contribution in [1.29, 1.82) is 0 Å². The van der Waals surface area contributed by atoms with E-state index in [1.54, 1.807) is 6.92 Å². The van der Waals surface area contributed by atoms with Crippen molar-refractivity contribution in [2.45, 2.75) is 13.8 Å². The van der Waals surface area contributed by atoms with Gasteiger partial charge in [-0.1, -0.05) is 24.3 Å². The Bertz CT molecular complexity index is 771. The lowest BCUT2D eigenvalue weighted by Gasteiger charge is -2.00. The molecule has 3 heteroatoms. The highest BCUT2D eigenvalue weighted by Gasteiger charge is 2.08. The van der Waals surface area contributed by atoms with E-state index in [0.717, 1.165) is 22.4 Å². The van der Waals surface area contributed by atoms with E-state index in [4.69, 9.17) is 0 Å². The van der Waals surface area contributed by atoms with Gasteiger partial charge < -0.3 is 4.98 Å². The number of H-pyrrole nitrogens is 1. The molecule has 0 aliphatic rings. The summed E-state index contributed by atoms with van der Waals surface area (Å²) in [4.78, 5) is 19.2. The van der Waals surface area contributed by atoms with Crippen molar-refractivity contribution >= 4 is 16.8 Å². The van der Waals surface area contributed by atoms with Crippen LogP contribution >= 0.6 is 0 Å². The van der Waals surface area contributed by atoms with Gasteiger partial charge in [-0.2, -0.15) is 0 Å². The van der Waals surface area contributed by atoms with Crippen LogP contribution in [-0.2, 0) is 0 Å². The molecule has 0 saturated carbocycles. The van der Waals surface area contributed by atoms with E-state index in [-0.39, 0.29) is 5.78 Å². The van der Waals surface area contributed by atoms with Crippen molar-refractivity contribution in [2.24, 2.45) is 0 Å². The first-order valence-corrected chi connectivity index (χ1v) is 6.22. The average molecular weight is 250 g/mol. The van der Waals surface area contributed by atoms with Gasteiger partial charge in [0.05, 0.1) is 11.0 Å². The van der Waals surface area contributed by atoms with Crippen LogP contribution in [0.1, 0.15) is 22.8 Å². The second kappa shape index (κ2) is 4.35. The van der Waals surface area contributed by atoms with Gasteiger partial charge in [0.2, 0.25) is 0 Å². The molecule has 94 valence electrons. The van der Waals surface area contributed by atoms with Crippen molar-refractivity contribution in [1.82, 2.24) is 9.97 Å². The summed E-state index contributed by atoms with van der Waals surface area (Å²) in [6, 6.07) is 13.7. The SMILES string of the molecule is CC(=O)c1ccc2nc(-c3ccccc3C)[nH]c2c1. The molecule has 0 aliphatic heterocycles. The quantitative estimate of drug-likeness (QED) is 0.704. The van der Waals surface area contributed by atoms with Gasteiger partial charge in [0, 0.05) is 11.1 Å². The fourth-order valence-corrected chi connectivity index (χ4v) is 2.19. The summed E-state index contributed by atoms with van der Waals surface area (Å²) in [5.74, 6) is 0.905. The normalized spacial score (nSPS) is 10.8. The highest BCUT2D eigenvalue weighted by atomic mass is 16.1. The first-order chi connectivity index (χ1) is 9.15. The Balaban J connectivity index is 2.17. The number of imidazole rings is 1. The summed E-state index contributed by atoms with van der Waals surface area (Å²) in [5.41, 5.74) is 4.73. The van der Waals surface area contributed by atoms with Crippen molar-refractivity contribution in [3.8, 4) is 11.4 Å². The summed E-state index contributed by atoms with van der Waals surface area (Å²) in [5, 5.41) is 0. The molecule has 1 heterocycles. The molecule has 1 aromatic heterocycles. The Hall–Kier alpha value is -2.42. The molecule has 0 bridgehead atoms. The van der Waals surface area contributed by atoms with E-state index in [1.807, 2.05) is 36.4 Å². The standard InChI is InChI=1S/C16H14N2O/c1-10-5-3-4-6-13(10)16-17-14-8-7-12(11(2)19)9-15(14)18-16/h3-9H,1-2H3,(H,17,18). The molecular weight excluding hydrogens is 236 g/mol. The number of hydrogen-bond acceptors (Lipinski definition) is 2. The minimum Gasteiger partial charge on any atom is -0.338 e. The number of aromatic nitrogens is 2. The lowest BCUT2D eigenvalue weighted by atomic mass is 10.1. The zero-order chi connectivity index (χ0) is 13.4. The number of rotatable bonds is 2. The number of Topliss-reactive ketones (excluding diaryl/α,β-unsaturated/α-hetero) is 1. The van der Waals surface area contributed by atoms with Gasteiger partial charge in [-0.3, -0.25) is 4.79 Å². The summed E-state index contributed by atoms with van der Waals surface area (Å²) < 4.78 is 0. The molecule has 2 aromatic carbocycles. The van der Waals surface area contributed by atoms with Crippen molar-refractivity contribution in [3.63, 3.8) is 0 Å². The maximum atomic E-state index is 11.4. The molecule has 0 atom stereocenters. The number of carbonyl (C=O) groups is 1. The topological polar surface area (TPSA) is 45.8 Å². The van der Waals surface area contributed by atoms with Gasteiger partial charge in [0.25, 0.3) is 0 Å². The van der Waals surface area contributed by atoms with E-state index in [1.165, 1.54) is 5.56 Å². The highest BCUT2D eigenvalue weighted by molar-refractivity contribution is 5.97. The number of ketones is 1. The van der Waals surface area contributed by atoms with E-state index in [2.05, 4.69) is 23.0 Å². The molecule has 1 N–H and O–H groups in total. The van der Waals surface area contributed by atoms with E-state index in [0.29, 0.717) is 5.56 Å². The van der Waals surface area contributed by atoms with Gasteiger partial charge in [-0.25, -0.2) is 4.98 Å². The molecular formula is C16H14N2O. The number of carbonyl (C=O) groups excluding carboxylic acids is 1. The minimum absolute atomic E-state index is 0.0638. The lowest BCUT2D eigenvalue weighted by molar-refractivity contribution is 0.101. The molecule has 3 rings (SSSR count). The van der Waals surface area contributed by atoms with Crippen molar-refractivity contribution in [2.75, 3.05) is 0 Å². The second-order valence-corrected chi connectivity index (χ2v) is 4.69. The molecule has 0 spiro atoms. The molecule has 0 radical (unpaired) electrons. The second-order valence-electron chi connectivity index (χ2n) is 4.69. The van der Waals surface area contributed by atoms with E-state index in [9.17, 15) is 4.79 Å². The van der Waals surface area contributed by atoms with Crippen LogP contribution in [0.3, 0.4) is 0 Å². The summed E-state index contributed by atoms with van der Waals surface area (Å²) in [6.45, 7) is 3.63. The first-order valence-electron chi connectivity index (χ1n) is 6.22. The van der Waals surface area contributed by atoms with Gasteiger partial charge in [-0.15, -0.1) is 0 Å². The molecule has 3 aromatic rings. The minimum atomic E-state index is 0.0638. The number of fused-ring (bicyclic) bond motifs is 1. The molecule has 0 unspecified atom stereocenters. The molecule has 0 fully saturated rings. The van der Waals surface area contributed by atoms with Crippen molar-refractivity contribution in [3.05, 3.63) is 53.6 Å². The van der Waals surface area contributed by atoms with Gasteiger partial charge in [0.15, 0.2) is 5.78 Å². The molecule has 0 amide bonds. The predicted octanol–water partition coefficient (Wildman–Crippen LogP) is 3.74. The van der Waals surface area contributed by atoms with Gasteiger partial charge in [0.1, 0.15) is 5.82 Å². The Labute approximate surface area is 111 Å². The maximum absolute atomic E-state index is 11.4. The number of benzene rings is 2. The third-order valence-electron chi connectivity index (χ3n) is 3.29. The number of aromatic amines is 1. The Morgan fingerprint density at radius 2 is 1.95 bits per heavy atom. The predicted molar refractivity (Wildman–Crippen MR) is 76.3 cm³/mol. The zero-order valence-electron chi connectivity index (χ0n) is 10.9. The summed E-state index contributed by atoms with van der Waals surface area (Å²) in [6.07, 6.45) is 0. The molecule has 0 saturated heterocycles. The highest BCUT2D eigenvalue weighted by Crippen LogP contribution is 2.23. The monoisotopic (exact) mass is 250 g/mol. The Morgan fingerprint density at radius 1 is 1.16 bits per heavy atom. The van der Waals surface area contributed by atoms with Crippen LogP contribution in [0.5, 0.6) is 0 Å². The lowest BCUT2D eigenvalue weighted by Crippen LogP contribution is -1.90. The van der Waals surface area contributed by atoms with Gasteiger partial charge in [-0.05, 0) is 37.6 Å². The third-order valence-corrected chi connectivity index (χ3v) is 3.29. The Kier molecular flexibility index (Phi) is 2.67. The fraction of sp³-hybridized carbons (Fsp3) is 0.125. The van der Waals surface area contributed by atoms with Crippen LogP contribution in [0, 0.1) is 6.92 Å². The zero-order valence-corrected chi connectivity index (χ0v) is 10.9. The van der Waals surface area contributed by atoms with Crippen LogP contribution in [0.4, 0.5) is 0 Å². The summed E-state index contributed by atoms with van der Waals surface area (Å²) >= 11 is 0. The average Bonchev–Trinajstić information content (AvgIpc) is 2.81. The van der Waals surface area contributed by atoms with E-state index >= 15 is 0 Å². The smallest absolute Gasteiger partial charge is 0.159 e. The van der Waals surface area contributed by atoms with Crippen molar-refractivity contribution < 1.29 is 4.79 Å². The van der Waals surface area contributed by atoms with Crippen LogP contribution in [0.15, 0.2) is 42.5 Å². The van der Waals surface area contributed by atoms with Crippen LogP contribution in [0.25, 0.3) is 22.4 Å². The van der Waals surface area contributed by atoms with Gasteiger partial charge >= 0.3 is 0 Å². The molecule has 0 aliphatic carbocycles. The van der Waals surface area contributed by atoms with Crippen LogP contribution < -0.4 is 0 Å². The molecule has 19 heavy (non-hydrogen) atoms. The third kappa shape index (κ3) is 2.03. The summed E-state index contributed by atoms with van der Waals surface area (Å²) in [7, 11) is 0. The largest absolute Gasteiger partial charge is 0.338 e. The number of aryl methyl sites for hydroxylation is 1. The number of hydrogen-bond donors (Lipinski definition) is 1. The maximum Gasteiger partial charge on any atom is 0.159 e. The first kappa shape index (κ1) is 11.7. The van der Waals surface area contributed by atoms with Crippen LogP contribution in [0.2, 0.25) is 0 Å². The Morgan fingerprint density at radius 3 is 2.68 bits per heavy atom. The number of nitrogens with one attached hydrogen (secondary N) is 1. The fourth-order valence-electron chi connectivity index (χ4n) is 2.19. The molecule has 3 nitrogen and oxygen atoms in total. The van der Waals surface area contributed by atoms with Crippen LogP contribution in [-0.4, -0.2) is 15.8 Å². The van der Waals surface area contributed by atoms with E-state index < -0.39 is 0 Å². The number of nitrogens with zero attached hydrogens (tertiary/aromatic N) is 1.